The number of urea groups is 1. The van der Waals surface area contributed by atoms with Gasteiger partial charge in [-0.2, -0.15) is 0 Å². The average molecular weight is 188 g/mol. The van der Waals surface area contributed by atoms with E-state index in [9.17, 15) is 4.79 Å². The van der Waals surface area contributed by atoms with E-state index in [1.165, 1.54) is 0 Å². The van der Waals surface area contributed by atoms with Gasteiger partial charge in [0.15, 0.2) is 0 Å². The van der Waals surface area contributed by atoms with Crippen LogP contribution >= 0.6 is 0 Å². The molecule has 0 radical (unpaired) electrons. The van der Waals surface area contributed by atoms with Crippen LogP contribution < -0.4 is 4.90 Å². The predicted molar refractivity (Wildman–Crippen MR) is 57.0 cm³/mol. The molecular weight excluding hydrogens is 176 g/mol. The Morgan fingerprint density at radius 3 is 2.50 bits per heavy atom. The number of carbonyl (C=O) groups is 1. The number of fused-ring (bicyclic) bond motifs is 1. The van der Waals surface area contributed by atoms with Crippen LogP contribution in [0.3, 0.4) is 0 Å². The molecule has 0 aliphatic carbocycles. The molecule has 3 heteroatoms. The van der Waals surface area contributed by atoms with Crippen LogP contribution in [0.15, 0.2) is 30.8 Å². The molecule has 0 saturated heterocycles. The summed E-state index contributed by atoms with van der Waals surface area (Å²) in [4.78, 5) is 14.9. The van der Waals surface area contributed by atoms with Crippen LogP contribution in [0.25, 0.3) is 5.70 Å². The third-order valence-electron chi connectivity index (χ3n) is 2.56. The lowest BCUT2D eigenvalue weighted by molar-refractivity contribution is 0.231. The van der Waals surface area contributed by atoms with Crippen molar-refractivity contribution in [2.75, 3.05) is 19.0 Å². The van der Waals surface area contributed by atoms with Gasteiger partial charge in [0.1, 0.15) is 0 Å². The molecule has 0 unspecified atom stereocenters. The first-order valence-electron chi connectivity index (χ1n) is 4.42. The molecule has 0 saturated carbocycles. The van der Waals surface area contributed by atoms with Crippen molar-refractivity contribution in [3.05, 3.63) is 36.4 Å². The van der Waals surface area contributed by atoms with Crippen LogP contribution in [0.1, 0.15) is 5.56 Å². The number of amides is 2. The van der Waals surface area contributed by atoms with Gasteiger partial charge in [0.2, 0.25) is 0 Å². The molecule has 72 valence electrons. The third-order valence-corrected chi connectivity index (χ3v) is 2.56. The molecule has 0 bridgehead atoms. The molecule has 0 fully saturated rings. The maximum Gasteiger partial charge on any atom is 0.328 e. The van der Waals surface area contributed by atoms with Crippen LogP contribution in [-0.4, -0.2) is 25.0 Å². The zero-order valence-electron chi connectivity index (χ0n) is 8.32. The summed E-state index contributed by atoms with van der Waals surface area (Å²) in [7, 11) is 3.50. The molecule has 3 nitrogen and oxygen atoms in total. The fourth-order valence-corrected chi connectivity index (χ4v) is 1.63. The Morgan fingerprint density at radius 2 is 1.79 bits per heavy atom. The van der Waals surface area contributed by atoms with Crippen LogP contribution in [0, 0.1) is 0 Å². The molecule has 0 N–H and O–H groups in total. The van der Waals surface area contributed by atoms with Crippen LogP contribution in [-0.2, 0) is 0 Å². The summed E-state index contributed by atoms with van der Waals surface area (Å²) in [5.74, 6) is 0. The summed E-state index contributed by atoms with van der Waals surface area (Å²) in [5, 5.41) is 0. The lowest BCUT2D eigenvalue weighted by Gasteiger charge is -2.33. The van der Waals surface area contributed by atoms with Gasteiger partial charge >= 0.3 is 6.03 Å². The molecule has 1 aromatic rings. The Kier molecular flexibility index (Phi) is 1.81. The van der Waals surface area contributed by atoms with Gasteiger partial charge in [0.25, 0.3) is 0 Å². The molecule has 2 amide bonds. The van der Waals surface area contributed by atoms with Crippen molar-refractivity contribution in [1.29, 1.82) is 0 Å². The second kappa shape index (κ2) is 2.87. The Bertz CT molecular complexity index is 412. The SMILES string of the molecule is C=C1c2ccccc2N(C)C(=O)N1C. The van der Waals surface area contributed by atoms with Crippen molar-refractivity contribution < 1.29 is 4.79 Å². The second-order valence-electron chi connectivity index (χ2n) is 3.36. The Morgan fingerprint density at radius 1 is 1.14 bits per heavy atom. The fraction of sp³-hybridized carbons (Fsp3) is 0.182. The minimum absolute atomic E-state index is 0.0475. The van der Waals surface area contributed by atoms with Crippen LogP contribution in [0.2, 0.25) is 0 Å². The standard InChI is InChI=1S/C11H12N2O/c1-8-9-6-4-5-7-10(9)13(3)11(14)12(8)2/h4-7H,1H2,2-3H3. The van der Waals surface area contributed by atoms with Gasteiger partial charge < -0.3 is 0 Å². The van der Waals surface area contributed by atoms with Gasteiger partial charge in [-0.3, -0.25) is 9.80 Å². The highest BCUT2D eigenvalue weighted by Gasteiger charge is 2.27. The van der Waals surface area contributed by atoms with Gasteiger partial charge in [-0.25, -0.2) is 4.79 Å². The Labute approximate surface area is 83.2 Å². The van der Waals surface area contributed by atoms with Crippen molar-refractivity contribution in [2.45, 2.75) is 0 Å². The summed E-state index contributed by atoms with van der Waals surface area (Å²) in [6, 6.07) is 7.71. The minimum atomic E-state index is -0.0475. The summed E-state index contributed by atoms with van der Waals surface area (Å²) < 4.78 is 0. The highest BCUT2D eigenvalue weighted by atomic mass is 16.2. The molecule has 0 spiro atoms. The number of anilines is 1. The van der Waals surface area contributed by atoms with E-state index in [0.29, 0.717) is 0 Å². The van der Waals surface area contributed by atoms with E-state index in [1.807, 2.05) is 24.3 Å². The van der Waals surface area contributed by atoms with Gasteiger partial charge in [-0.05, 0) is 6.07 Å². The van der Waals surface area contributed by atoms with Crippen molar-refractivity contribution in [3.63, 3.8) is 0 Å². The smallest absolute Gasteiger partial charge is 0.297 e. The topological polar surface area (TPSA) is 23.6 Å². The lowest BCUT2D eigenvalue weighted by atomic mass is 10.1. The summed E-state index contributed by atoms with van der Waals surface area (Å²) in [6.45, 7) is 3.90. The van der Waals surface area contributed by atoms with Crippen molar-refractivity contribution in [3.8, 4) is 0 Å². The monoisotopic (exact) mass is 188 g/mol. The first-order valence-corrected chi connectivity index (χ1v) is 4.42. The van der Waals surface area contributed by atoms with Gasteiger partial charge in [-0.1, -0.05) is 24.8 Å². The van der Waals surface area contributed by atoms with Crippen molar-refractivity contribution in [1.82, 2.24) is 4.90 Å². The molecular formula is C11H12N2O. The molecule has 1 aliphatic rings. The van der Waals surface area contributed by atoms with E-state index >= 15 is 0 Å². The lowest BCUT2D eigenvalue weighted by Crippen LogP contribution is -2.41. The third kappa shape index (κ3) is 1.02. The largest absolute Gasteiger partial charge is 0.328 e. The van der Waals surface area contributed by atoms with E-state index < -0.39 is 0 Å². The van der Waals surface area contributed by atoms with Crippen LogP contribution in [0.4, 0.5) is 10.5 Å². The normalized spacial score (nSPS) is 15.9. The van der Waals surface area contributed by atoms with E-state index in [-0.39, 0.29) is 6.03 Å². The molecule has 1 heterocycles. The first kappa shape index (κ1) is 8.81. The molecule has 1 aromatic carbocycles. The van der Waals surface area contributed by atoms with Gasteiger partial charge in [0.05, 0.1) is 5.69 Å². The number of carbonyl (C=O) groups excluding carboxylic acids is 1. The van der Waals surface area contributed by atoms with E-state index in [1.54, 1.807) is 23.9 Å². The van der Waals surface area contributed by atoms with Gasteiger partial charge in [-0.15, -0.1) is 0 Å². The average Bonchev–Trinajstić information content (AvgIpc) is 2.23. The molecule has 0 aromatic heterocycles. The quantitative estimate of drug-likeness (QED) is 0.612. The zero-order chi connectivity index (χ0) is 10.3. The minimum Gasteiger partial charge on any atom is -0.297 e. The molecule has 0 atom stereocenters. The number of hydrogen-bond acceptors (Lipinski definition) is 1. The van der Waals surface area contributed by atoms with Gasteiger partial charge in [0, 0.05) is 25.4 Å². The maximum absolute atomic E-state index is 11.7. The fourth-order valence-electron chi connectivity index (χ4n) is 1.63. The Balaban J connectivity index is 2.62. The first-order chi connectivity index (χ1) is 6.63. The number of rotatable bonds is 0. The van der Waals surface area contributed by atoms with E-state index in [4.69, 9.17) is 0 Å². The van der Waals surface area contributed by atoms with E-state index in [2.05, 4.69) is 6.58 Å². The molecule has 14 heavy (non-hydrogen) atoms. The number of nitrogens with zero attached hydrogens (tertiary/aromatic N) is 2. The number of benzene rings is 1. The summed E-state index contributed by atoms with van der Waals surface area (Å²) in [6.07, 6.45) is 0. The van der Waals surface area contributed by atoms with Crippen molar-refractivity contribution in [2.24, 2.45) is 0 Å². The van der Waals surface area contributed by atoms with E-state index in [0.717, 1.165) is 16.9 Å². The Hall–Kier alpha value is -1.77. The molecule has 1 aliphatic heterocycles. The zero-order valence-corrected chi connectivity index (χ0v) is 8.32. The van der Waals surface area contributed by atoms with Crippen molar-refractivity contribution >= 4 is 17.4 Å². The predicted octanol–water partition coefficient (Wildman–Crippen LogP) is 2.16. The number of para-hydroxylation sites is 1. The maximum atomic E-state index is 11.7. The highest BCUT2D eigenvalue weighted by Crippen LogP contribution is 2.32. The second-order valence-corrected chi connectivity index (χ2v) is 3.36. The number of hydrogen-bond donors (Lipinski definition) is 0. The highest BCUT2D eigenvalue weighted by molar-refractivity contribution is 6.03. The van der Waals surface area contributed by atoms with Crippen LogP contribution in [0.5, 0.6) is 0 Å². The summed E-state index contributed by atoms with van der Waals surface area (Å²) in [5.41, 5.74) is 2.68. The molecule has 2 rings (SSSR count). The summed E-state index contributed by atoms with van der Waals surface area (Å²) >= 11 is 0.